The van der Waals surface area contributed by atoms with Crippen LogP contribution in [0.25, 0.3) is 6.08 Å². The Balaban J connectivity index is 1.55. The average Bonchev–Trinajstić information content (AvgIpc) is 3.20. The largest absolute Gasteiger partial charge is 0.431 e. The summed E-state index contributed by atoms with van der Waals surface area (Å²) in [5.74, 6) is 6.62. The van der Waals surface area contributed by atoms with Gasteiger partial charge in [0.2, 0.25) is 0 Å². The van der Waals surface area contributed by atoms with E-state index in [9.17, 15) is 37.1 Å². The Kier molecular flexibility index (Phi) is 14.0. The molecule has 0 saturated carbocycles. The van der Waals surface area contributed by atoms with Gasteiger partial charge >= 0.3 is 36.0 Å². The number of hydrogen-bond donors (Lipinski definition) is 0. The summed E-state index contributed by atoms with van der Waals surface area (Å²) in [6.07, 6.45) is 0.650. The highest BCUT2D eigenvalue weighted by Crippen LogP contribution is 2.30. The Morgan fingerprint density at radius 2 is 1.02 bits per heavy atom. The Labute approximate surface area is 323 Å². The van der Waals surface area contributed by atoms with Gasteiger partial charge in [0.05, 0.1) is 23.0 Å². The van der Waals surface area contributed by atoms with E-state index >= 15 is 0 Å². The lowest BCUT2D eigenvalue weighted by atomic mass is 10.1. The predicted molar refractivity (Wildman–Crippen MR) is 201 cm³/mol. The zero-order valence-electron chi connectivity index (χ0n) is 29.5. The number of benzene rings is 4. The maximum atomic E-state index is 12.7. The van der Waals surface area contributed by atoms with Crippen LogP contribution in [0.15, 0.2) is 141 Å². The van der Waals surface area contributed by atoms with Crippen molar-refractivity contribution in [2.75, 3.05) is 0 Å². The van der Waals surface area contributed by atoms with Gasteiger partial charge in [-0.05, 0) is 72.3 Å². The van der Waals surface area contributed by atoms with Gasteiger partial charge < -0.3 is 23.7 Å². The number of rotatable bonds is 11. The first-order chi connectivity index (χ1) is 27.2. The zero-order valence-corrected chi connectivity index (χ0v) is 29.5. The summed E-state index contributed by atoms with van der Waals surface area (Å²) in [5, 5.41) is 0. The molecule has 0 aliphatic heterocycles. The number of halogens is 3. The van der Waals surface area contributed by atoms with Crippen LogP contribution in [0.4, 0.5) is 13.2 Å². The van der Waals surface area contributed by atoms with Gasteiger partial charge in [-0.25, -0.2) is 24.0 Å². The molecular formula is C44H27F3O10. The molecule has 284 valence electrons. The summed E-state index contributed by atoms with van der Waals surface area (Å²) < 4.78 is 63.9. The molecule has 0 aliphatic carbocycles. The fourth-order valence-corrected chi connectivity index (χ4v) is 4.13. The number of alkyl halides is 3. The summed E-state index contributed by atoms with van der Waals surface area (Å²) >= 11 is 0. The Bertz CT molecular complexity index is 2420. The van der Waals surface area contributed by atoms with Gasteiger partial charge in [0, 0.05) is 41.5 Å². The third kappa shape index (κ3) is 12.5. The molecule has 57 heavy (non-hydrogen) atoms. The first kappa shape index (κ1) is 41.6. The third-order valence-electron chi connectivity index (χ3n) is 6.99. The molecule has 0 aromatic heterocycles. The summed E-state index contributed by atoms with van der Waals surface area (Å²) in [6.45, 7) is 12.8. The summed E-state index contributed by atoms with van der Waals surface area (Å²) in [4.78, 5) is 60.1. The second kappa shape index (κ2) is 19.3. The quantitative estimate of drug-likeness (QED) is 0.0494. The van der Waals surface area contributed by atoms with Crippen LogP contribution in [0.3, 0.4) is 0 Å². The van der Waals surface area contributed by atoms with Gasteiger partial charge in [-0.2, -0.15) is 13.2 Å². The molecule has 0 spiro atoms. The molecule has 4 aromatic rings. The van der Waals surface area contributed by atoms with Gasteiger partial charge in [0.25, 0.3) is 0 Å². The maximum absolute atomic E-state index is 12.7. The number of ether oxygens (including phenoxy) is 5. The molecule has 13 heteroatoms. The molecule has 0 fully saturated rings. The lowest BCUT2D eigenvalue weighted by molar-refractivity contribution is -0.142. The van der Waals surface area contributed by atoms with Crippen LogP contribution in [0.2, 0.25) is 0 Å². The first-order valence-corrected chi connectivity index (χ1v) is 16.1. The standard InChI is InChI=1S/C44H27F3O10/c1-5-39(48)54-35-20-14-31(15-21-35)24-25-53-43(52)32-16-8-29(9-17-32)10-18-33-26-38(57-41(50)7-3)34(27-37(33)56-40(49)6-2)19-11-30-12-22-36(23-13-30)55-42(51)28(4)44(45,46)47/h5-9,12-17,20-27H,1-4H2/b25-24+. The minimum absolute atomic E-state index is 0.0579. The molecule has 0 radical (unpaired) electrons. The molecule has 0 amide bonds. The zero-order chi connectivity index (χ0) is 41.5. The fraction of sp³-hybridized carbons (Fsp3) is 0.0227. The van der Waals surface area contributed by atoms with Gasteiger partial charge in [0.1, 0.15) is 28.6 Å². The number of hydrogen-bond acceptors (Lipinski definition) is 10. The summed E-state index contributed by atoms with van der Waals surface area (Å²) in [6, 6.07) is 20.2. The molecular weight excluding hydrogens is 745 g/mol. The second-order valence-corrected chi connectivity index (χ2v) is 11.0. The topological polar surface area (TPSA) is 132 Å². The van der Waals surface area contributed by atoms with Crippen molar-refractivity contribution in [3.8, 4) is 46.7 Å². The van der Waals surface area contributed by atoms with E-state index < -0.39 is 41.6 Å². The Morgan fingerprint density at radius 1 is 0.579 bits per heavy atom. The van der Waals surface area contributed by atoms with E-state index in [0.717, 1.165) is 18.2 Å². The lowest BCUT2D eigenvalue weighted by Gasteiger charge is -2.10. The van der Waals surface area contributed by atoms with E-state index in [4.69, 9.17) is 23.7 Å². The highest BCUT2D eigenvalue weighted by molar-refractivity contribution is 5.91. The maximum Gasteiger partial charge on any atom is 0.422 e. The van der Waals surface area contributed by atoms with E-state index in [1.165, 1.54) is 60.9 Å². The predicted octanol–water partition coefficient (Wildman–Crippen LogP) is 7.61. The van der Waals surface area contributed by atoms with Crippen molar-refractivity contribution in [2.24, 2.45) is 0 Å². The van der Waals surface area contributed by atoms with Crippen molar-refractivity contribution >= 4 is 35.9 Å². The smallest absolute Gasteiger partial charge is 0.422 e. The van der Waals surface area contributed by atoms with Crippen molar-refractivity contribution in [2.45, 2.75) is 6.18 Å². The van der Waals surface area contributed by atoms with E-state index in [2.05, 4.69) is 50.0 Å². The lowest BCUT2D eigenvalue weighted by Crippen LogP contribution is -2.23. The van der Waals surface area contributed by atoms with Crippen molar-refractivity contribution in [1.82, 2.24) is 0 Å². The molecule has 0 bridgehead atoms. The molecule has 0 heterocycles. The molecule has 0 unspecified atom stereocenters. The normalized spacial score (nSPS) is 10.3. The van der Waals surface area contributed by atoms with Crippen molar-refractivity contribution in [3.05, 3.63) is 175 Å². The summed E-state index contributed by atoms with van der Waals surface area (Å²) in [7, 11) is 0. The minimum Gasteiger partial charge on any atom is -0.431 e. The molecule has 0 atom stereocenters. The van der Waals surface area contributed by atoms with Gasteiger partial charge in [-0.15, -0.1) is 0 Å². The molecule has 10 nitrogen and oxygen atoms in total. The first-order valence-electron chi connectivity index (χ1n) is 16.1. The Hall–Kier alpha value is -8.16. The van der Waals surface area contributed by atoms with Crippen LogP contribution < -0.4 is 18.9 Å². The van der Waals surface area contributed by atoms with Crippen LogP contribution in [0.5, 0.6) is 23.0 Å². The fourth-order valence-electron chi connectivity index (χ4n) is 4.13. The van der Waals surface area contributed by atoms with Crippen LogP contribution in [-0.2, 0) is 23.9 Å². The number of esters is 5. The SMILES string of the molecule is C=CC(=O)Oc1ccc(/C=C/OC(=O)c2ccc(C#Cc3cc(OC(=O)C=C)c(C#Cc4ccc(OC(=O)C(=C)C(F)(F)F)cc4)cc3OC(=O)C=C)cc2)cc1. The van der Waals surface area contributed by atoms with Crippen LogP contribution in [0, 0.1) is 23.7 Å². The summed E-state index contributed by atoms with van der Waals surface area (Å²) in [5.41, 5.74) is 0.0996. The Morgan fingerprint density at radius 3 is 1.49 bits per heavy atom. The second-order valence-electron chi connectivity index (χ2n) is 11.0. The molecule has 0 aliphatic rings. The van der Waals surface area contributed by atoms with Gasteiger partial charge in [0.15, 0.2) is 0 Å². The van der Waals surface area contributed by atoms with E-state index in [0.29, 0.717) is 22.4 Å². The van der Waals surface area contributed by atoms with Gasteiger partial charge in [-0.3, -0.25) is 0 Å². The molecule has 0 N–H and O–H groups in total. The van der Waals surface area contributed by atoms with Crippen LogP contribution in [-0.4, -0.2) is 36.0 Å². The molecule has 4 rings (SSSR count). The van der Waals surface area contributed by atoms with Gasteiger partial charge in [-0.1, -0.05) is 62.1 Å². The average molecular weight is 773 g/mol. The van der Waals surface area contributed by atoms with E-state index in [1.807, 2.05) is 0 Å². The van der Waals surface area contributed by atoms with Crippen molar-refractivity contribution < 1.29 is 60.8 Å². The van der Waals surface area contributed by atoms with Crippen molar-refractivity contribution in [1.29, 1.82) is 0 Å². The minimum atomic E-state index is -4.96. The monoisotopic (exact) mass is 772 g/mol. The van der Waals surface area contributed by atoms with Crippen LogP contribution in [0.1, 0.15) is 38.2 Å². The number of carbonyl (C=O) groups excluding carboxylic acids is 5. The highest BCUT2D eigenvalue weighted by Gasteiger charge is 2.38. The molecule has 0 saturated heterocycles. The van der Waals surface area contributed by atoms with Crippen LogP contribution >= 0.6 is 0 Å². The van der Waals surface area contributed by atoms with E-state index in [-0.39, 0.29) is 33.9 Å². The van der Waals surface area contributed by atoms with Crippen molar-refractivity contribution in [3.63, 3.8) is 0 Å². The third-order valence-corrected chi connectivity index (χ3v) is 6.99. The highest BCUT2D eigenvalue weighted by atomic mass is 19.4. The molecule has 4 aromatic carbocycles. The van der Waals surface area contributed by atoms with E-state index in [1.54, 1.807) is 36.4 Å². The number of carbonyl (C=O) groups is 5.